The van der Waals surface area contributed by atoms with Crippen LogP contribution in [0.5, 0.6) is 0 Å². The molecule has 0 fully saturated rings. The van der Waals surface area contributed by atoms with Crippen LogP contribution in [0.15, 0.2) is 96.8 Å². The molecule has 1 nitrogen and oxygen atoms in total. The maximum Gasteiger partial charge on any atom is 0.269 e. The van der Waals surface area contributed by atoms with Gasteiger partial charge >= 0.3 is 0 Å². The summed E-state index contributed by atoms with van der Waals surface area (Å²) in [6.07, 6.45) is 9.25. The first kappa shape index (κ1) is 38.6. The summed E-state index contributed by atoms with van der Waals surface area (Å²) in [5, 5.41) is 3.50. The van der Waals surface area contributed by atoms with Crippen LogP contribution >= 0.6 is 0 Å². The molecule has 2 aromatic carbocycles. The van der Waals surface area contributed by atoms with Crippen molar-refractivity contribution < 1.29 is 17.6 Å². The van der Waals surface area contributed by atoms with Crippen LogP contribution in [0.3, 0.4) is 0 Å². The lowest BCUT2D eigenvalue weighted by molar-refractivity contribution is 0.0680. The van der Waals surface area contributed by atoms with Crippen LogP contribution in [0.2, 0.25) is 0 Å². The highest BCUT2D eigenvalue weighted by atomic mass is 19.3. The number of halogens is 4. The number of benzene rings is 2. The predicted molar refractivity (Wildman–Crippen MR) is 190 cm³/mol. The van der Waals surface area contributed by atoms with Gasteiger partial charge in [-0.3, -0.25) is 0 Å². The van der Waals surface area contributed by atoms with E-state index in [-0.39, 0.29) is 22.8 Å². The molecule has 0 spiro atoms. The van der Waals surface area contributed by atoms with Crippen molar-refractivity contribution in [1.82, 2.24) is 0 Å². The summed E-state index contributed by atoms with van der Waals surface area (Å²) < 4.78 is 58.1. The molecule has 0 bridgehead atoms. The second kappa shape index (κ2) is 16.3. The number of hydrogen-bond acceptors (Lipinski definition) is 1. The van der Waals surface area contributed by atoms with E-state index in [2.05, 4.69) is 45.8 Å². The van der Waals surface area contributed by atoms with Crippen molar-refractivity contribution in [2.45, 2.75) is 93.9 Å². The summed E-state index contributed by atoms with van der Waals surface area (Å²) in [4.78, 5) is 0. The van der Waals surface area contributed by atoms with Gasteiger partial charge in [0.25, 0.3) is 5.92 Å². The Hall–Kier alpha value is -3.60. The van der Waals surface area contributed by atoms with Crippen LogP contribution in [-0.2, 0) is 12.8 Å². The SMILES string of the molecule is C=CC(C)/C(C(=C)Nc1ccc(C)cc1C(/C=C\C(=C)C(C)(F)F)=C/C)=C(/C)C(Cc1ccc(CCCC)c(F)c1F)C(C)(C)C. The van der Waals surface area contributed by atoms with Crippen molar-refractivity contribution >= 4 is 11.3 Å². The molecule has 0 amide bonds. The minimum atomic E-state index is -3.02. The zero-order valence-electron chi connectivity index (χ0n) is 29.3. The third-order valence-corrected chi connectivity index (χ3v) is 8.70. The fraction of sp³-hybridized carbons (Fsp3) is 0.415. The zero-order valence-corrected chi connectivity index (χ0v) is 29.3. The monoisotopic (exact) mass is 635 g/mol. The highest BCUT2D eigenvalue weighted by Gasteiger charge is 2.31. The lowest BCUT2D eigenvalue weighted by atomic mass is 9.70. The number of unbranched alkanes of at least 4 members (excludes halogenated alkanes) is 1. The third-order valence-electron chi connectivity index (χ3n) is 8.70. The topological polar surface area (TPSA) is 12.0 Å². The molecular formula is C41H53F4N. The van der Waals surface area contributed by atoms with Crippen molar-refractivity contribution in [3.63, 3.8) is 0 Å². The number of anilines is 1. The maximum atomic E-state index is 15.4. The molecule has 2 aromatic rings. The summed E-state index contributed by atoms with van der Waals surface area (Å²) in [6, 6.07) is 9.37. The van der Waals surface area contributed by atoms with E-state index in [0.29, 0.717) is 29.7 Å². The van der Waals surface area contributed by atoms with Crippen molar-refractivity contribution in [3.8, 4) is 0 Å². The van der Waals surface area contributed by atoms with E-state index in [1.807, 2.05) is 65.0 Å². The summed E-state index contributed by atoms with van der Waals surface area (Å²) in [5.74, 6) is -4.80. The molecule has 250 valence electrons. The lowest BCUT2D eigenvalue weighted by Gasteiger charge is -2.35. The number of alkyl halides is 2. The van der Waals surface area contributed by atoms with Gasteiger partial charge in [0.1, 0.15) is 0 Å². The molecule has 0 saturated heterocycles. The maximum absolute atomic E-state index is 15.4. The Labute approximate surface area is 275 Å². The third kappa shape index (κ3) is 9.95. The van der Waals surface area contributed by atoms with E-state index in [0.717, 1.165) is 53.3 Å². The molecule has 5 heteroatoms. The quantitative estimate of drug-likeness (QED) is 0.117. The van der Waals surface area contributed by atoms with Gasteiger partial charge in [-0.2, -0.15) is 0 Å². The van der Waals surface area contributed by atoms with Crippen LogP contribution in [0.4, 0.5) is 23.2 Å². The molecule has 0 aliphatic rings. The molecule has 0 aromatic heterocycles. The molecule has 2 rings (SSSR count). The van der Waals surface area contributed by atoms with Crippen molar-refractivity contribution in [3.05, 3.63) is 131 Å². The normalized spacial score (nSPS) is 14.6. The van der Waals surface area contributed by atoms with Gasteiger partial charge in [-0.25, -0.2) is 17.6 Å². The predicted octanol–water partition coefficient (Wildman–Crippen LogP) is 12.8. The molecule has 2 unspecified atom stereocenters. The second-order valence-corrected chi connectivity index (χ2v) is 13.5. The highest BCUT2D eigenvalue weighted by molar-refractivity contribution is 5.83. The lowest BCUT2D eigenvalue weighted by Crippen LogP contribution is -2.27. The van der Waals surface area contributed by atoms with Crippen molar-refractivity contribution in [1.29, 1.82) is 0 Å². The van der Waals surface area contributed by atoms with Gasteiger partial charge in [-0.1, -0.05) is 108 Å². The molecule has 0 saturated carbocycles. The Kier molecular flexibility index (Phi) is 13.7. The molecule has 1 N–H and O–H groups in total. The highest BCUT2D eigenvalue weighted by Crippen LogP contribution is 2.41. The summed E-state index contributed by atoms with van der Waals surface area (Å²) in [7, 11) is 0. The minimum Gasteiger partial charge on any atom is -0.355 e. The van der Waals surface area contributed by atoms with E-state index in [9.17, 15) is 8.78 Å². The summed E-state index contributed by atoms with van der Waals surface area (Å²) in [6.45, 7) is 29.1. The van der Waals surface area contributed by atoms with Crippen LogP contribution < -0.4 is 5.32 Å². The van der Waals surface area contributed by atoms with E-state index in [1.165, 1.54) is 6.08 Å². The van der Waals surface area contributed by atoms with Crippen LogP contribution in [-0.4, -0.2) is 5.92 Å². The minimum absolute atomic E-state index is 0.104. The van der Waals surface area contributed by atoms with Gasteiger partial charge < -0.3 is 5.32 Å². The second-order valence-electron chi connectivity index (χ2n) is 13.5. The van der Waals surface area contributed by atoms with Gasteiger partial charge in [-0.15, -0.1) is 6.58 Å². The summed E-state index contributed by atoms with van der Waals surface area (Å²) >= 11 is 0. The molecule has 0 aliphatic heterocycles. The van der Waals surface area contributed by atoms with Crippen molar-refractivity contribution in [2.24, 2.45) is 17.3 Å². The van der Waals surface area contributed by atoms with Gasteiger partial charge in [0, 0.05) is 35.4 Å². The number of allylic oxidation sites excluding steroid dienone is 8. The Balaban J connectivity index is 2.61. The fourth-order valence-corrected chi connectivity index (χ4v) is 5.77. The molecule has 0 radical (unpaired) electrons. The zero-order chi connectivity index (χ0) is 35.0. The van der Waals surface area contributed by atoms with Gasteiger partial charge in [0.2, 0.25) is 0 Å². The van der Waals surface area contributed by atoms with E-state index in [4.69, 9.17) is 0 Å². The first-order valence-corrected chi connectivity index (χ1v) is 16.1. The van der Waals surface area contributed by atoms with Gasteiger partial charge in [0.15, 0.2) is 11.6 Å². The van der Waals surface area contributed by atoms with Gasteiger partial charge in [-0.05, 0) is 85.8 Å². The molecular weight excluding hydrogens is 582 g/mol. The van der Waals surface area contributed by atoms with Crippen LogP contribution in [0.1, 0.15) is 90.5 Å². The Morgan fingerprint density at radius 1 is 0.978 bits per heavy atom. The average Bonchev–Trinajstić information content (AvgIpc) is 2.97. The van der Waals surface area contributed by atoms with E-state index in [1.54, 1.807) is 18.2 Å². The Bertz CT molecular complexity index is 1510. The fourth-order valence-electron chi connectivity index (χ4n) is 5.77. The van der Waals surface area contributed by atoms with Crippen molar-refractivity contribution in [2.75, 3.05) is 5.32 Å². The smallest absolute Gasteiger partial charge is 0.269 e. The standard InChI is InChI=1S/C41H53F4N/c1-13-16-17-32-21-22-33(39(43)38(32)42)25-35(40(9,10)11)29(7)37(27(5)14-2)30(8)46-36-23-18-26(4)24-34(36)31(15-3)20-19-28(6)41(12,44)45/h14-15,18-24,27,35,46H,2,6,8,13,16-17,25H2,1,3-5,7,9-12H3/b20-19-,31-15+,37-29+. The molecule has 0 aliphatic carbocycles. The first-order chi connectivity index (χ1) is 21.4. The molecule has 2 atom stereocenters. The first-order valence-electron chi connectivity index (χ1n) is 16.1. The number of hydrogen-bond donors (Lipinski definition) is 1. The number of nitrogens with one attached hydrogen (secondary N) is 1. The largest absolute Gasteiger partial charge is 0.355 e. The Morgan fingerprint density at radius 3 is 2.13 bits per heavy atom. The average molecular weight is 636 g/mol. The number of aryl methyl sites for hydroxylation is 2. The summed E-state index contributed by atoms with van der Waals surface area (Å²) in [5.41, 5.74) is 6.12. The Morgan fingerprint density at radius 2 is 1.59 bits per heavy atom. The molecule has 0 heterocycles. The van der Waals surface area contributed by atoms with E-state index >= 15 is 8.78 Å². The number of rotatable bonds is 15. The van der Waals surface area contributed by atoms with E-state index < -0.39 is 17.6 Å². The molecule has 46 heavy (non-hydrogen) atoms. The van der Waals surface area contributed by atoms with Crippen LogP contribution in [0.25, 0.3) is 5.57 Å². The van der Waals surface area contributed by atoms with Crippen LogP contribution in [0, 0.1) is 35.8 Å². The van der Waals surface area contributed by atoms with Gasteiger partial charge in [0.05, 0.1) is 0 Å².